The number of benzene rings is 1. The largest absolute Gasteiger partial charge is 0.396 e. The molecule has 1 aromatic carbocycles. The van der Waals surface area contributed by atoms with Crippen molar-refractivity contribution in [3.8, 4) is 0 Å². The summed E-state index contributed by atoms with van der Waals surface area (Å²) in [6.45, 7) is 0.785. The van der Waals surface area contributed by atoms with Crippen molar-refractivity contribution in [1.29, 1.82) is 0 Å². The van der Waals surface area contributed by atoms with E-state index in [4.69, 9.17) is 0 Å². The molecule has 0 bridgehead atoms. The van der Waals surface area contributed by atoms with Crippen molar-refractivity contribution in [2.45, 2.75) is 38.3 Å². The highest BCUT2D eigenvalue weighted by Gasteiger charge is 2.23. The number of aromatic amines is 1. The van der Waals surface area contributed by atoms with Crippen molar-refractivity contribution in [2.24, 2.45) is 5.92 Å². The van der Waals surface area contributed by atoms with Crippen LogP contribution >= 0.6 is 0 Å². The van der Waals surface area contributed by atoms with E-state index in [2.05, 4.69) is 10.3 Å². The molecule has 0 amide bonds. The topological polar surface area (TPSA) is 65.1 Å². The standard InChI is InChI=1S/C17H22N2O2/c20-11-13-6-2-3-7-15(13)18-10-14-9-12-5-1-4-8-16(12)19-17(14)21/h1,4-5,8-9,13,15,18,20H,2-3,6-7,10-11H2,(H,19,21). The molecule has 112 valence electrons. The number of H-pyrrole nitrogens is 1. The zero-order chi connectivity index (χ0) is 14.7. The molecule has 2 unspecified atom stereocenters. The third kappa shape index (κ3) is 3.17. The summed E-state index contributed by atoms with van der Waals surface area (Å²) in [6.07, 6.45) is 4.54. The van der Waals surface area contributed by atoms with Gasteiger partial charge in [0.1, 0.15) is 0 Å². The van der Waals surface area contributed by atoms with Gasteiger partial charge in [-0.2, -0.15) is 0 Å². The number of fused-ring (bicyclic) bond motifs is 1. The summed E-state index contributed by atoms with van der Waals surface area (Å²) in [5.41, 5.74) is 1.60. The van der Waals surface area contributed by atoms with Crippen molar-refractivity contribution in [3.63, 3.8) is 0 Å². The van der Waals surface area contributed by atoms with Crippen LogP contribution in [0.25, 0.3) is 10.9 Å². The summed E-state index contributed by atoms with van der Waals surface area (Å²) in [4.78, 5) is 15.0. The molecule has 2 atom stereocenters. The van der Waals surface area contributed by atoms with Crippen molar-refractivity contribution < 1.29 is 5.11 Å². The lowest BCUT2D eigenvalue weighted by atomic mass is 9.85. The van der Waals surface area contributed by atoms with Crippen LogP contribution in [0.1, 0.15) is 31.2 Å². The third-order valence-corrected chi connectivity index (χ3v) is 4.53. The maximum absolute atomic E-state index is 12.1. The average molecular weight is 286 g/mol. The van der Waals surface area contributed by atoms with Gasteiger partial charge >= 0.3 is 0 Å². The number of nitrogens with one attached hydrogen (secondary N) is 2. The molecule has 0 spiro atoms. The number of hydrogen-bond donors (Lipinski definition) is 3. The molecular weight excluding hydrogens is 264 g/mol. The summed E-state index contributed by atoms with van der Waals surface area (Å²) in [6, 6.07) is 10.1. The summed E-state index contributed by atoms with van der Waals surface area (Å²) in [7, 11) is 0. The van der Waals surface area contributed by atoms with Gasteiger partial charge in [-0.3, -0.25) is 4.79 Å². The van der Waals surface area contributed by atoms with Crippen LogP contribution in [0.4, 0.5) is 0 Å². The lowest BCUT2D eigenvalue weighted by Crippen LogP contribution is -2.40. The van der Waals surface area contributed by atoms with Crippen molar-refractivity contribution in [2.75, 3.05) is 6.61 Å². The second kappa shape index (κ2) is 6.41. The zero-order valence-corrected chi connectivity index (χ0v) is 12.1. The van der Waals surface area contributed by atoms with Crippen LogP contribution in [0.5, 0.6) is 0 Å². The Kier molecular flexibility index (Phi) is 4.36. The number of rotatable bonds is 4. The Morgan fingerprint density at radius 1 is 1.24 bits per heavy atom. The normalized spacial score (nSPS) is 22.5. The SMILES string of the molecule is O=c1[nH]c2ccccc2cc1CNC1CCCCC1CO. The predicted molar refractivity (Wildman–Crippen MR) is 84.2 cm³/mol. The Labute approximate surface area is 124 Å². The van der Waals surface area contributed by atoms with Crippen LogP contribution in [0.3, 0.4) is 0 Å². The number of pyridine rings is 1. The lowest BCUT2D eigenvalue weighted by Gasteiger charge is -2.31. The van der Waals surface area contributed by atoms with E-state index in [0.717, 1.165) is 29.3 Å². The van der Waals surface area contributed by atoms with Gasteiger partial charge in [0, 0.05) is 30.3 Å². The molecule has 1 fully saturated rings. The van der Waals surface area contributed by atoms with E-state index in [9.17, 15) is 9.90 Å². The van der Waals surface area contributed by atoms with Crippen molar-refractivity contribution >= 4 is 10.9 Å². The van der Waals surface area contributed by atoms with Gasteiger partial charge in [-0.25, -0.2) is 0 Å². The predicted octanol–water partition coefficient (Wildman–Crippen LogP) is 2.17. The van der Waals surface area contributed by atoms with E-state index in [0.29, 0.717) is 18.5 Å². The molecule has 2 aromatic rings. The van der Waals surface area contributed by atoms with E-state index < -0.39 is 0 Å². The molecule has 3 N–H and O–H groups in total. The van der Waals surface area contributed by atoms with Gasteiger partial charge in [0.15, 0.2) is 0 Å². The third-order valence-electron chi connectivity index (χ3n) is 4.53. The number of hydrogen-bond acceptors (Lipinski definition) is 3. The molecule has 3 rings (SSSR count). The number of aromatic nitrogens is 1. The van der Waals surface area contributed by atoms with Gasteiger partial charge in [-0.05, 0) is 36.3 Å². The first kappa shape index (κ1) is 14.3. The summed E-state index contributed by atoms with van der Waals surface area (Å²) >= 11 is 0. The fraction of sp³-hybridized carbons (Fsp3) is 0.471. The minimum absolute atomic E-state index is 0.0300. The minimum Gasteiger partial charge on any atom is -0.396 e. The first-order chi connectivity index (χ1) is 10.3. The molecule has 4 heteroatoms. The Morgan fingerprint density at radius 2 is 2.05 bits per heavy atom. The van der Waals surface area contributed by atoms with Crippen LogP contribution in [0.15, 0.2) is 35.1 Å². The molecule has 0 saturated heterocycles. The molecule has 1 saturated carbocycles. The van der Waals surface area contributed by atoms with Gasteiger partial charge in [-0.1, -0.05) is 31.0 Å². The quantitative estimate of drug-likeness (QED) is 0.807. The molecule has 1 heterocycles. The van der Waals surface area contributed by atoms with E-state index in [1.807, 2.05) is 30.3 Å². The maximum Gasteiger partial charge on any atom is 0.252 e. The second-order valence-corrected chi connectivity index (χ2v) is 5.93. The van der Waals surface area contributed by atoms with Gasteiger partial charge in [0.05, 0.1) is 0 Å². The number of para-hydroxylation sites is 1. The minimum atomic E-state index is -0.0300. The average Bonchev–Trinajstić information content (AvgIpc) is 2.53. The van der Waals surface area contributed by atoms with Gasteiger partial charge < -0.3 is 15.4 Å². The Morgan fingerprint density at radius 3 is 2.90 bits per heavy atom. The van der Waals surface area contributed by atoms with Crippen molar-refractivity contribution in [3.05, 3.63) is 46.2 Å². The highest BCUT2D eigenvalue weighted by Crippen LogP contribution is 2.24. The molecule has 0 aliphatic heterocycles. The first-order valence-corrected chi connectivity index (χ1v) is 7.73. The summed E-state index contributed by atoms with van der Waals surface area (Å²) in [5, 5.41) is 14.0. The highest BCUT2D eigenvalue weighted by molar-refractivity contribution is 5.78. The molecule has 21 heavy (non-hydrogen) atoms. The highest BCUT2D eigenvalue weighted by atomic mass is 16.3. The maximum atomic E-state index is 12.1. The van der Waals surface area contributed by atoms with Crippen LogP contribution in [0, 0.1) is 5.92 Å². The molecule has 4 nitrogen and oxygen atoms in total. The van der Waals surface area contributed by atoms with Crippen molar-refractivity contribution in [1.82, 2.24) is 10.3 Å². The first-order valence-electron chi connectivity index (χ1n) is 7.73. The monoisotopic (exact) mass is 286 g/mol. The van der Waals surface area contributed by atoms with Crippen LogP contribution < -0.4 is 10.9 Å². The van der Waals surface area contributed by atoms with E-state index >= 15 is 0 Å². The Bertz CT molecular complexity index is 665. The Hall–Kier alpha value is -1.65. The molecular formula is C17H22N2O2. The van der Waals surface area contributed by atoms with Gasteiger partial charge in [-0.15, -0.1) is 0 Å². The van der Waals surface area contributed by atoms with Crippen LogP contribution in [-0.2, 0) is 6.54 Å². The smallest absolute Gasteiger partial charge is 0.252 e. The van der Waals surface area contributed by atoms with Gasteiger partial charge in [0.25, 0.3) is 5.56 Å². The van der Waals surface area contributed by atoms with E-state index in [1.54, 1.807) is 0 Å². The second-order valence-electron chi connectivity index (χ2n) is 5.93. The fourth-order valence-electron chi connectivity index (χ4n) is 3.26. The van der Waals surface area contributed by atoms with Crippen LogP contribution in [-0.4, -0.2) is 22.7 Å². The zero-order valence-electron chi connectivity index (χ0n) is 12.1. The van der Waals surface area contributed by atoms with E-state index in [-0.39, 0.29) is 12.2 Å². The number of aliphatic hydroxyl groups excluding tert-OH is 1. The Balaban J connectivity index is 1.75. The van der Waals surface area contributed by atoms with Crippen LogP contribution in [0.2, 0.25) is 0 Å². The lowest BCUT2D eigenvalue weighted by molar-refractivity contribution is 0.152. The molecule has 1 aliphatic rings. The van der Waals surface area contributed by atoms with E-state index in [1.165, 1.54) is 12.8 Å². The molecule has 1 aromatic heterocycles. The van der Waals surface area contributed by atoms with Gasteiger partial charge in [0.2, 0.25) is 0 Å². The summed E-state index contributed by atoms with van der Waals surface area (Å²) < 4.78 is 0. The molecule has 0 radical (unpaired) electrons. The summed E-state index contributed by atoms with van der Waals surface area (Å²) in [5.74, 6) is 0.318. The molecule has 1 aliphatic carbocycles. The number of aliphatic hydroxyl groups is 1. The fourth-order valence-corrected chi connectivity index (χ4v) is 3.26.